The summed E-state index contributed by atoms with van der Waals surface area (Å²) in [5.41, 5.74) is 1.76. The number of fused-ring (bicyclic) bond motifs is 2. The molecule has 0 amide bonds. The van der Waals surface area contributed by atoms with E-state index in [4.69, 9.17) is 0 Å². The number of nitrogens with zero attached hydrogens (tertiary/aromatic N) is 2. The summed E-state index contributed by atoms with van der Waals surface area (Å²) >= 11 is 0. The van der Waals surface area contributed by atoms with Gasteiger partial charge in [0.1, 0.15) is 11.6 Å². The van der Waals surface area contributed by atoms with Crippen LogP contribution in [0.1, 0.15) is 36.8 Å². The second-order valence-electron chi connectivity index (χ2n) is 8.34. The molecule has 2 aliphatic rings. The van der Waals surface area contributed by atoms with Crippen molar-refractivity contribution >= 4 is 29.9 Å². The summed E-state index contributed by atoms with van der Waals surface area (Å²) < 4.78 is 27.1. The third-order valence-electron chi connectivity index (χ3n) is 6.35. The number of piperidine rings is 1. The minimum absolute atomic E-state index is 0. The highest BCUT2D eigenvalue weighted by atomic mass is 127. The molecule has 4 nitrogen and oxygen atoms in total. The van der Waals surface area contributed by atoms with Crippen LogP contribution in [-0.4, -0.2) is 42.6 Å². The Bertz CT molecular complexity index is 863. The lowest BCUT2D eigenvalue weighted by molar-refractivity contribution is 0.114. The van der Waals surface area contributed by atoms with E-state index in [0.717, 1.165) is 31.4 Å². The maximum atomic E-state index is 13.8. The number of halogens is 3. The van der Waals surface area contributed by atoms with Crippen LogP contribution in [0.25, 0.3) is 0 Å². The fourth-order valence-corrected chi connectivity index (χ4v) is 4.88. The fourth-order valence-electron chi connectivity index (χ4n) is 4.88. The largest absolute Gasteiger partial charge is 0.356 e. The first-order valence-corrected chi connectivity index (χ1v) is 10.8. The van der Waals surface area contributed by atoms with E-state index >= 15 is 0 Å². The van der Waals surface area contributed by atoms with Crippen molar-refractivity contribution in [1.82, 2.24) is 15.5 Å². The Labute approximate surface area is 200 Å². The van der Waals surface area contributed by atoms with Crippen LogP contribution in [0, 0.1) is 11.6 Å². The Morgan fingerprint density at radius 1 is 1.06 bits per heavy atom. The van der Waals surface area contributed by atoms with Gasteiger partial charge in [0.15, 0.2) is 5.96 Å². The van der Waals surface area contributed by atoms with E-state index in [1.165, 1.54) is 30.5 Å². The van der Waals surface area contributed by atoms with E-state index < -0.39 is 5.82 Å². The van der Waals surface area contributed by atoms with Crippen molar-refractivity contribution in [3.05, 3.63) is 71.3 Å². The van der Waals surface area contributed by atoms with Crippen LogP contribution < -0.4 is 10.6 Å². The molecule has 0 radical (unpaired) electrons. The SMILES string of the molecule is CN=C(NCCc1cc(F)ccc1F)NC1CC2CCC(C1)N2Cc1ccccc1.I. The first-order valence-electron chi connectivity index (χ1n) is 10.8. The van der Waals surface area contributed by atoms with Gasteiger partial charge in [-0.1, -0.05) is 30.3 Å². The zero-order chi connectivity index (χ0) is 20.9. The van der Waals surface area contributed by atoms with Gasteiger partial charge in [0.2, 0.25) is 0 Å². The number of hydrogen-bond acceptors (Lipinski definition) is 2. The van der Waals surface area contributed by atoms with Gasteiger partial charge in [-0.3, -0.25) is 9.89 Å². The molecule has 0 aliphatic carbocycles. The van der Waals surface area contributed by atoms with E-state index in [0.29, 0.717) is 36.7 Å². The zero-order valence-corrected chi connectivity index (χ0v) is 20.2. The molecule has 2 aromatic rings. The van der Waals surface area contributed by atoms with Gasteiger partial charge < -0.3 is 10.6 Å². The highest BCUT2D eigenvalue weighted by Crippen LogP contribution is 2.36. The van der Waals surface area contributed by atoms with Gasteiger partial charge in [0.05, 0.1) is 0 Å². The van der Waals surface area contributed by atoms with Gasteiger partial charge >= 0.3 is 0 Å². The molecule has 31 heavy (non-hydrogen) atoms. The predicted molar refractivity (Wildman–Crippen MR) is 132 cm³/mol. The van der Waals surface area contributed by atoms with Crippen LogP contribution >= 0.6 is 24.0 Å². The van der Waals surface area contributed by atoms with Crippen molar-refractivity contribution in [3.8, 4) is 0 Å². The van der Waals surface area contributed by atoms with Crippen LogP contribution in [0.5, 0.6) is 0 Å². The normalized spacial score (nSPS) is 23.3. The van der Waals surface area contributed by atoms with Crippen molar-refractivity contribution in [2.75, 3.05) is 13.6 Å². The van der Waals surface area contributed by atoms with E-state index in [-0.39, 0.29) is 29.8 Å². The van der Waals surface area contributed by atoms with Crippen LogP contribution in [0.15, 0.2) is 53.5 Å². The molecular weight excluding hydrogens is 509 g/mol. The zero-order valence-electron chi connectivity index (χ0n) is 17.9. The average molecular weight is 540 g/mol. The van der Waals surface area contributed by atoms with E-state index in [1.807, 2.05) is 0 Å². The molecule has 2 heterocycles. The van der Waals surface area contributed by atoms with Gasteiger partial charge in [0, 0.05) is 38.3 Å². The third-order valence-corrected chi connectivity index (χ3v) is 6.35. The lowest BCUT2D eigenvalue weighted by Crippen LogP contribution is -2.52. The van der Waals surface area contributed by atoms with Gasteiger partial charge in [-0.05, 0) is 61.4 Å². The van der Waals surface area contributed by atoms with Crippen molar-refractivity contribution in [2.45, 2.75) is 56.8 Å². The molecule has 4 rings (SSSR count). The fraction of sp³-hybridized carbons (Fsp3) is 0.458. The second-order valence-corrected chi connectivity index (χ2v) is 8.34. The van der Waals surface area contributed by atoms with Crippen LogP contribution in [0.2, 0.25) is 0 Å². The standard InChI is InChI=1S/C24H30F2N4.HI/c1-27-24(28-12-11-18-13-19(25)7-10-23(18)26)29-20-14-21-8-9-22(15-20)30(21)16-17-5-3-2-4-6-17;/h2-7,10,13,20-22H,8-9,11-12,14-16H2,1H3,(H2,27,28,29);1H. The summed E-state index contributed by atoms with van der Waals surface area (Å²) in [6.45, 7) is 1.52. The van der Waals surface area contributed by atoms with Gasteiger partial charge in [0.25, 0.3) is 0 Å². The molecule has 2 unspecified atom stereocenters. The summed E-state index contributed by atoms with van der Waals surface area (Å²) in [5, 5.41) is 6.80. The highest BCUT2D eigenvalue weighted by molar-refractivity contribution is 14.0. The first-order chi connectivity index (χ1) is 14.6. The molecule has 2 saturated heterocycles. The molecule has 2 fully saturated rings. The second kappa shape index (κ2) is 11.2. The Hall–Kier alpha value is -1.74. The number of nitrogens with one attached hydrogen (secondary N) is 2. The van der Waals surface area contributed by atoms with Gasteiger partial charge in [-0.15, -0.1) is 24.0 Å². The molecule has 7 heteroatoms. The number of aliphatic imine (C=N–C) groups is 1. The van der Waals surface area contributed by atoms with Gasteiger partial charge in [-0.25, -0.2) is 8.78 Å². The van der Waals surface area contributed by atoms with Crippen LogP contribution in [0.3, 0.4) is 0 Å². The van der Waals surface area contributed by atoms with Crippen molar-refractivity contribution < 1.29 is 8.78 Å². The summed E-state index contributed by atoms with van der Waals surface area (Å²) in [6.07, 6.45) is 5.11. The lowest BCUT2D eigenvalue weighted by atomic mass is 9.96. The Kier molecular flexibility index (Phi) is 8.66. The number of guanidine groups is 1. The maximum Gasteiger partial charge on any atom is 0.191 e. The summed E-state index contributed by atoms with van der Waals surface area (Å²) in [7, 11) is 1.75. The van der Waals surface area contributed by atoms with Crippen molar-refractivity contribution in [3.63, 3.8) is 0 Å². The predicted octanol–water partition coefficient (Wildman–Crippen LogP) is 4.49. The quantitative estimate of drug-likeness (QED) is 0.323. The molecule has 2 atom stereocenters. The van der Waals surface area contributed by atoms with E-state index in [9.17, 15) is 8.78 Å². The van der Waals surface area contributed by atoms with Crippen molar-refractivity contribution in [2.24, 2.45) is 4.99 Å². The number of rotatable bonds is 6. The highest BCUT2D eigenvalue weighted by Gasteiger charge is 2.40. The molecule has 0 spiro atoms. The van der Waals surface area contributed by atoms with E-state index in [2.05, 4.69) is 50.9 Å². The molecule has 0 saturated carbocycles. The Balaban J connectivity index is 0.00000272. The van der Waals surface area contributed by atoms with Gasteiger partial charge in [-0.2, -0.15) is 0 Å². The minimum atomic E-state index is -0.411. The number of hydrogen-bond donors (Lipinski definition) is 2. The smallest absolute Gasteiger partial charge is 0.191 e. The molecule has 2 aromatic carbocycles. The molecule has 2 aliphatic heterocycles. The Morgan fingerprint density at radius 2 is 1.77 bits per heavy atom. The molecular formula is C24H31F2IN4. The third kappa shape index (κ3) is 6.16. The average Bonchev–Trinajstić information content (AvgIpc) is 2.98. The summed E-state index contributed by atoms with van der Waals surface area (Å²) in [6, 6.07) is 15.8. The molecule has 2 bridgehead atoms. The summed E-state index contributed by atoms with van der Waals surface area (Å²) in [4.78, 5) is 6.99. The van der Waals surface area contributed by atoms with E-state index in [1.54, 1.807) is 7.05 Å². The van der Waals surface area contributed by atoms with Crippen LogP contribution in [-0.2, 0) is 13.0 Å². The molecule has 2 N–H and O–H groups in total. The Morgan fingerprint density at radius 3 is 2.45 bits per heavy atom. The van der Waals surface area contributed by atoms with Crippen LogP contribution in [0.4, 0.5) is 8.78 Å². The minimum Gasteiger partial charge on any atom is -0.356 e. The lowest BCUT2D eigenvalue weighted by Gasteiger charge is -2.39. The number of benzene rings is 2. The summed E-state index contributed by atoms with van der Waals surface area (Å²) in [5.74, 6) is -0.0529. The maximum absolute atomic E-state index is 13.8. The first kappa shape index (κ1) is 23.9. The topological polar surface area (TPSA) is 39.7 Å². The molecule has 168 valence electrons. The van der Waals surface area contributed by atoms with Crippen molar-refractivity contribution in [1.29, 1.82) is 0 Å². The monoisotopic (exact) mass is 540 g/mol. The molecule has 0 aromatic heterocycles.